The van der Waals surface area contributed by atoms with Gasteiger partial charge in [0.15, 0.2) is 0 Å². The first-order valence-electron chi connectivity index (χ1n) is 6.59. The minimum absolute atomic E-state index is 0.322. The third-order valence-corrected chi connectivity index (χ3v) is 3.71. The molecule has 0 aromatic carbocycles. The summed E-state index contributed by atoms with van der Waals surface area (Å²) in [6.07, 6.45) is 2.15. The van der Waals surface area contributed by atoms with Gasteiger partial charge in [-0.05, 0) is 26.6 Å². The Kier molecular flexibility index (Phi) is 4.48. The fourth-order valence-corrected chi connectivity index (χ4v) is 2.64. The Hall–Kier alpha value is -0.780. The number of hydrogen-bond donors (Lipinski definition) is 1. The minimum atomic E-state index is 0.322. The highest BCUT2D eigenvalue weighted by molar-refractivity contribution is 7.71. The molecular weight excluding hydrogens is 244 g/mol. The van der Waals surface area contributed by atoms with E-state index in [0.29, 0.717) is 10.7 Å². The average Bonchev–Trinajstić information content (AvgIpc) is 2.32. The van der Waals surface area contributed by atoms with Gasteiger partial charge in [0.1, 0.15) is 10.5 Å². The lowest BCUT2D eigenvalue weighted by atomic mass is 10.1. The predicted molar refractivity (Wildman–Crippen MR) is 76.3 cm³/mol. The maximum Gasteiger partial charge on any atom is 0.130 e. The van der Waals surface area contributed by atoms with E-state index in [0.717, 1.165) is 38.3 Å². The molecule has 4 nitrogen and oxygen atoms in total. The van der Waals surface area contributed by atoms with Crippen molar-refractivity contribution in [2.24, 2.45) is 0 Å². The fourth-order valence-electron chi connectivity index (χ4n) is 2.40. The molecule has 0 bridgehead atoms. The van der Waals surface area contributed by atoms with Gasteiger partial charge in [-0.3, -0.25) is 4.90 Å². The number of nitrogens with zero attached hydrogens (tertiary/aromatic N) is 3. The van der Waals surface area contributed by atoms with Crippen molar-refractivity contribution in [1.29, 1.82) is 0 Å². The number of piperazine rings is 1. The predicted octanol–water partition coefficient (Wildman–Crippen LogP) is 2.01. The van der Waals surface area contributed by atoms with Crippen molar-refractivity contribution in [3.8, 4) is 0 Å². The second kappa shape index (κ2) is 5.91. The molecule has 1 N–H and O–H groups in total. The lowest BCUT2D eigenvalue weighted by Crippen LogP contribution is -2.45. The topological polar surface area (TPSA) is 35.2 Å². The molecule has 2 rings (SSSR count). The molecule has 1 aliphatic heterocycles. The van der Waals surface area contributed by atoms with Crippen molar-refractivity contribution in [1.82, 2.24) is 19.8 Å². The zero-order valence-corrected chi connectivity index (χ0v) is 12.3. The van der Waals surface area contributed by atoms with Gasteiger partial charge in [0, 0.05) is 25.3 Å². The number of likely N-dealkylation sites (N-methyl/N-ethyl adjacent to an activating group) is 2. The van der Waals surface area contributed by atoms with Crippen molar-refractivity contribution < 1.29 is 0 Å². The summed E-state index contributed by atoms with van der Waals surface area (Å²) in [5.74, 6) is 1.01. The Morgan fingerprint density at radius 2 is 2.22 bits per heavy atom. The lowest BCUT2D eigenvalue weighted by molar-refractivity contribution is 0.109. The van der Waals surface area contributed by atoms with Gasteiger partial charge in [0.25, 0.3) is 0 Å². The van der Waals surface area contributed by atoms with E-state index < -0.39 is 0 Å². The Morgan fingerprint density at radius 1 is 1.44 bits per heavy atom. The zero-order valence-electron chi connectivity index (χ0n) is 11.4. The summed E-state index contributed by atoms with van der Waals surface area (Å²) >= 11 is 5.28. The monoisotopic (exact) mass is 266 g/mol. The third kappa shape index (κ3) is 3.16. The molecule has 1 fully saturated rings. The first kappa shape index (κ1) is 13.6. The van der Waals surface area contributed by atoms with E-state index in [-0.39, 0.29) is 0 Å². The minimum Gasteiger partial charge on any atom is -0.346 e. The third-order valence-electron chi connectivity index (χ3n) is 3.50. The second-order valence-corrected chi connectivity index (χ2v) is 5.56. The van der Waals surface area contributed by atoms with E-state index in [1.807, 2.05) is 6.07 Å². The molecule has 18 heavy (non-hydrogen) atoms. The molecule has 0 aliphatic carbocycles. The summed E-state index contributed by atoms with van der Waals surface area (Å²) < 4.78 is 0.703. The number of aromatic amines is 1. The van der Waals surface area contributed by atoms with Crippen LogP contribution < -0.4 is 0 Å². The van der Waals surface area contributed by atoms with Crippen LogP contribution in [0.25, 0.3) is 0 Å². The van der Waals surface area contributed by atoms with Crippen molar-refractivity contribution in [3.05, 3.63) is 22.2 Å². The molecule has 1 aliphatic rings. The molecule has 0 spiro atoms. The number of aromatic nitrogens is 2. The van der Waals surface area contributed by atoms with Crippen LogP contribution in [-0.2, 0) is 6.42 Å². The number of nitrogens with one attached hydrogen (secondary N) is 1. The van der Waals surface area contributed by atoms with Crippen molar-refractivity contribution >= 4 is 12.2 Å². The molecule has 1 aromatic rings. The first-order valence-corrected chi connectivity index (χ1v) is 7.00. The van der Waals surface area contributed by atoms with Crippen LogP contribution in [0, 0.1) is 4.64 Å². The van der Waals surface area contributed by atoms with Crippen LogP contribution in [0.5, 0.6) is 0 Å². The van der Waals surface area contributed by atoms with Gasteiger partial charge in [-0.2, -0.15) is 0 Å². The van der Waals surface area contributed by atoms with Crippen molar-refractivity contribution in [2.45, 2.75) is 25.8 Å². The molecule has 5 heteroatoms. The van der Waals surface area contributed by atoms with Crippen LogP contribution in [0.4, 0.5) is 0 Å². The van der Waals surface area contributed by atoms with Crippen LogP contribution in [0.1, 0.15) is 30.9 Å². The maximum atomic E-state index is 5.28. The SMILES string of the molecule is CCCc1cc(=S)nc(C2CN(C)CCN2C)[nH]1. The first-order chi connectivity index (χ1) is 8.60. The van der Waals surface area contributed by atoms with Gasteiger partial charge in [-0.1, -0.05) is 25.6 Å². The van der Waals surface area contributed by atoms with E-state index in [1.54, 1.807) is 0 Å². The Labute approximate surface area is 114 Å². The Bertz CT molecular complexity index is 457. The molecule has 0 saturated carbocycles. The summed E-state index contributed by atoms with van der Waals surface area (Å²) in [6, 6.07) is 2.30. The maximum absolute atomic E-state index is 5.28. The van der Waals surface area contributed by atoms with E-state index in [2.05, 4.69) is 40.8 Å². The highest BCUT2D eigenvalue weighted by atomic mass is 32.1. The van der Waals surface area contributed by atoms with Gasteiger partial charge >= 0.3 is 0 Å². The zero-order chi connectivity index (χ0) is 13.1. The van der Waals surface area contributed by atoms with E-state index in [1.165, 1.54) is 5.69 Å². The van der Waals surface area contributed by atoms with Crippen molar-refractivity contribution in [2.75, 3.05) is 33.7 Å². The molecule has 1 unspecified atom stereocenters. The van der Waals surface area contributed by atoms with Crippen LogP contribution in [0.3, 0.4) is 0 Å². The number of H-pyrrole nitrogens is 1. The Balaban J connectivity index is 2.28. The molecule has 2 heterocycles. The number of aryl methyl sites for hydroxylation is 1. The molecule has 1 saturated heterocycles. The molecule has 0 amide bonds. The van der Waals surface area contributed by atoms with Gasteiger partial charge in [0.05, 0.1) is 6.04 Å². The van der Waals surface area contributed by atoms with Crippen LogP contribution >= 0.6 is 12.2 Å². The smallest absolute Gasteiger partial charge is 0.130 e. The summed E-state index contributed by atoms with van der Waals surface area (Å²) in [5.41, 5.74) is 1.20. The van der Waals surface area contributed by atoms with Gasteiger partial charge < -0.3 is 9.88 Å². The van der Waals surface area contributed by atoms with Gasteiger partial charge in [-0.15, -0.1) is 0 Å². The van der Waals surface area contributed by atoms with Gasteiger partial charge in [-0.25, -0.2) is 4.98 Å². The molecular formula is C13H22N4S. The normalized spacial score (nSPS) is 22.3. The molecule has 1 atom stereocenters. The Morgan fingerprint density at radius 3 is 2.94 bits per heavy atom. The van der Waals surface area contributed by atoms with E-state index in [4.69, 9.17) is 12.2 Å². The van der Waals surface area contributed by atoms with Crippen molar-refractivity contribution in [3.63, 3.8) is 0 Å². The second-order valence-electron chi connectivity index (χ2n) is 5.14. The number of hydrogen-bond acceptors (Lipinski definition) is 4. The van der Waals surface area contributed by atoms with Crippen LogP contribution in [-0.4, -0.2) is 53.5 Å². The fraction of sp³-hybridized carbons (Fsp3) is 0.692. The highest BCUT2D eigenvalue weighted by Gasteiger charge is 2.25. The highest BCUT2D eigenvalue weighted by Crippen LogP contribution is 2.20. The van der Waals surface area contributed by atoms with E-state index in [9.17, 15) is 0 Å². The van der Waals surface area contributed by atoms with Crippen LogP contribution in [0.2, 0.25) is 0 Å². The molecule has 0 radical (unpaired) electrons. The quantitative estimate of drug-likeness (QED) is 0.849. The summed E-state index contributed by atoms with van der Waals surface area (Å²) in [6.45, 7) is 5.37. The average molecular weight is 266 g/mol. The molecule has 100 valence electrons. The lowest BCUT2D eigenvalue weighted by Gasteiger charge is -2.37. The summed E-state index contributed by atoms with van der Waals surface area (Å²) in [5, 5.41) is 0. The van der Waals surface area contributed by atoms with Gasteiger partial charge in [0.2, 0.25) is 0 Å². The van der Waals surface area contributed by atoms with E-state index >= 15 is 0 Å². The largest absolute Gasteiger partial charge is 0.346 e. The molecule has 1 aromatic heterocycles. The summed E-state index contributed by atoms with van der Waals surface area (Å²) in [4.78, 5) is 12.7. The van der Waals surface area contributed by atoms with Crippen LogP contribution in [0.15, 0.2) is 6.07 Å². The summed E-state index contributed by atoms with van der Waals surface area (Å²) in [7, 11) is 4.31. The standard InChI is InChI=1S/C13H22N4S/c1-4-5-10-8-12(18)15-13(14-10)11-9-16(2)6-7-17(11)3/h8,11H,4-7,9H2,1-3H3,(H,14,15,18). The number of rotatable bonds is 3.